The Morgan fingerprint density at radius 2 is 2.08 bits per heavy atom. The van der Waals surface area contributed by atoms with Crippen LogP contribution in [0.1, 0.15) is 11.1 Å². The third kappa shape index (κ3) is 3.07. The number of rotatable bonds is 4. The maximum atomic E-state index is 10.0. The molecule has 0 saturated heterocycles. The molecule has 0 atom stereocenters. The zero-order valence-electron chi connectivity index (χ0n) is 13.2. The van der Waals surface area contributed by atoms with Crippen molar-refractivity contribution in [2.75, 3.05) is 7.11 Å². The maximum absolute atomic E-state index is 10.0. The van der Waals surface area contributed by atoms with Crippen LogP contribution in [0.3, 0.4) is 0 Å². The second-order valence-corrected chi connectivity index (χ2v) is 5.54. The van der Waals surface area contributed by atoms with Gasteiger partial charge in [-0.15, -0.1) is 0 Å². The van der Waals surface area contributed by atoms with Crippen molar-refractivity contribution < 1.29 is 9.84 Å². The number of hydrogen-bond donors (Lipinski definition) is 2. The number of ether oxygens (including phenoxy) is 1. The van der Waals surface area contributed by atoms with E-state index in [4.69, 9.17) is 17.0 Å². The molecule has 0 aliphatic heterocycles. The zero-order valence-corrected chi connectivity index (χ0v) is 14.0. The van der Waals surface area contributed by atoms with Crippen LogP contribution in [0.5, 0.6) is 11.5 Å². The first-order chi connectivity index (χ1) is 11.6. The van der Waals surface area contributed by atoms with Crippen LogP contribution in [-0.2, 0) is 0 Å². The minimum atomic E-state index is 0.0746. The molecule has 0 fully saturated rings. The van der Waals surface area contributed by atoms with E-state index in [1.165, 1.54) is 17.0 Å². The van der Waals surface area contributed by atoms with Crippen molar-refractivity contribution in [1.29, 1.82) is 0 Å². The van der Waals surface area contributed by atoms with Crippen LogP contribution in [0.2, 0.25) is 0 Å². The van der Waals surface area contributed by atoms with Crippen molar-refractivity contribution in [1.82, 2.24) is 14.9 Å². The van der Waals surface area contributed by atoms with Crippen molar-refractivity contribution >= 4 is 18.4 Å². The number of benzene rings is 2. The second kappa shape index (κ2) is 6.67. The zero-order chi connectivity index (χ0) is 17.1. The SMILES string of the molecule is COc1ccc(/C=N/n2c(-c3ccccc3C)n[nH]c2=S)c(O)c1. The molecule has 2 aromatic carbocycles. The number of aromatic amines is 1. The largest absolute Gasteiger partial charge is 0.507 e. The number of H-pyrrole nitrogens is 1. The number of hydrogen-bond acceptors (Lipinski definition) is 5. The summed E-state index contributed by atoms with van der Waals surface area (Å²) in [6.45, 7) is 2.00. The number of phenols is 1. The second-order valence-electron chi connectivity index (χ2n) is 5.15. The van der Waals surface area contributed by atoms with Gasteiger partial charge in [0.15, 0.2) is 5.82 Å². The third-order valence-corrected chi connectivity index (χ3v) is 3.85. The molecule has 0 spiro atoms. The number of aromatic hydroxyl groups is 1. The van der Waals surface area contributed by atoms with Crippen LogP contribution in [-0.4, -0.2) is 33.3 Å². The van der Waals surface area contributed by atoms with E-state index in [0.29, 0.717) is 21.9 Å². The normalized spacial score (nSPS) is 11.1. The molecule has 1 aromatic heterocycles. The average molecular weight is 340 g/mol. The highest BCUT2D eigenvalue weighted by atomic mass is 32.1. The predicted octanol–water partition coefficient (Wildman–Crippen LogP) is 3.51. The summed E-state index contributed by atoms with van der Waals surface area (Å²) in [5.74, 6) is 1.26. The van der Waals surface area contributed by atoms with Gasteiger partial charge in [0.1, 0.15) is 11.5 Å². The lowest BCUT2D eigenvalue weighted by molar-refractivity contribution is 0.407. The molecule has 0 bridgehead atoms. The van der Waals surface area contributed by atoms with Gasteiger partial charge in [-0.05, 0) is 36.8 Å². The van der Waals surface area contributed by atoms with Gasteiger partial charge in [-0.1, -0.05) is 24.3 Å². The fourth-order valence-corrected chi connectivity index (χ4v) is 2.46. The van der Waals surface area contributed by atoms with E-state index in [1.807, 2.05) is 31.2 Å². The summed E-state index contributed by atoms with van der Waals surface area (Å²) in [6.07, 6.45) is 1.53. The molecule has 0 aliphatic rings. The Morgan fingerprint density at radius 1 is 1.29 bits per heavy atom. The molecule has 0 radical (unpaired) electrons. The Hall–Kier alpha value is -2.93. The van der Waals surface area contributed by atoms with Gasteiger partial charge >= 0.3 is 0 Å². The summed E-state index contributed by atoms with van der Waals surface area (Å²) in [5, 5.41) is 21.4. The minimum Gasteiger partial charge on any atom is -0.507 e. The molecular formula is C17H16N4O2S. The molecule has 24 heavy (non-hydrogen) atoms. The molecule has 3 aromatic rings. The molecule has 122 valence electrons. The Morgan fingerprint density at radius 3 is 2.79 bits per heavy atom. The highest BCUT2D eigenvalue weighted by Crippen LogP contribution is 2.23. The van der Waals surface area contributed by atoms with Crippen molar-refractivity contribution in [2.45, 2.75) is 6.92 Å². The van der Waals surface area contributed by atoms with E-state index in [0.717, 1.165) is 11.1 Å². The minimum absolute atomic E-state index is 0.0746. The van der Waals surface area contributed by atoms with Crippen molar-refractivity contribution in [2.24, 2.45) is 5.10 Å². The number of aromatic nitrogens is 3. The summed E-state index contributed by atoms with van der Waals surface area (Å²) in [6, 6.07) is 12.8. The first kappa shape index (κ1) is 15.9. The monoisotopic (exact) mass is 340 g/mol. The molecule has 3 rings (SSSR count). The van der Waals surface area contributed by atoms with Gasteiger partial charge in [-0.3, -0.25) is 0 Å². The quantitative estimate of drug-likeness (QED) is 0.563. The predicted molar refractivity (Wildman–Crippen MR) is 95.2 cm³/mol. The summed E-state index contributed by atoms with van der Waals surface area (Å²) >= 11 is 5.25. The van der Waals surface area contributed by atoms with Crippen molar-refractivity contribution in [3.05, 3.63) is 58.4 Å². The maximum Gasteiger partial charge on any atom is 0.216 e. The Balaban J connectivity index is 2.01. The Labute approximate surface area is 144 Å². The first-order valence-electron chi connectivity index (χ1n) is 7.25. The van der Waals surface area contributed by atoms with E-state index in [1.54, 1.807) is 19.2 Å². The number of phenolic OH excluding ortho intramolecular Hbond substituents is 1. The molecule has 0 saturated carbocycles. The summed E-state index contributed by atoms with van der Waals surface area (Å²) in [7, 11) is 1.54. The van der Waals surface area contributed by atoms with E-state index in [-0.39, 0.29) is 5.75 Å². The highest BCUT2D eigenvalue weighted by molar-refractivity contribution is 7.71. The fraction of sp³-hybridized carbons (Fsp3) is 0.118. The standard InChI is InChI=1S/C17H16N4O2S/c1-11-5-3-4-6-14(11)16-19-20-17(24)21(16)18-10-12-7-8-13(23-2)9-15(12)22/h3-10,22H,1-2H3,(H,20,24)/b18-10+. The van der Waals surface area contributed by atoms with Crippen LogP contribution in [0, 0.1) is 11.7 Å². The van der Waals surface area contributed by atoms with Crippen LogP contribution >= 0.6 is 12.2 Å². The van der Waals surface area contributed by atoms with E-state index >= 15 is 0 Å². The third-order valence-electron chi connectivity index (χ3n) is 3.59. The Kier molecular flexibility index (Phi) is 4.43. The van der Waals surface area contributed by atoms with Crippen LogP contribution in [0.4, 0.5) is 0 Å². The molecular weight excluding hydrogens is 324 g/mol. The molecule has 1 heterocycles. The molecule has 6 nitrogen and oxygen atoms in total. The lowest BCUT2D eigenvalue weighted by Crippen LogP contribution is -1.96. The number of methoxy groups -OCH3 is 1. The van der Waals surface area contributed by atoms with Crippen molar-refractivity contribution in [3.63, 3.8) is 0 Å². The number of nitrogens with zero attached hydrogens (tertiary/aromatic N) is 3. The van der Waals surface area contributed by atoms with Crippen LogP contribution < -0.4 is 4.74 Å². The molecule has 0 amide bonds. The van der Waals surface area contributed by atoms with Gasteiger partial charge in [-0.25, -0.2) is 5.10 Å². The van der Waals surface area contributed by atoms with Gasteiger partial charge in [0.2, 0.25) is 4.77 Å². The summed E-state index contributed by atoms with van der Waals surface area (Å²) in [4.78, 5) is 0. The van der Waals surface area contributed by atoms with Crippen LogP contribution in [0.15, 0.2) is 47.6 Å². The highest BCUT2D eigenvalue weighted by Gasteiger charge is 2.10. The fourth-order valence-electron chi connectivity index (χ4n) is 2.28. The Bertz CT molecular complexity index is 959. The smallest absolute Gasteiger partial charge is 0.216 e. The molecule has 0 aliphatic carbocycles. The van der Waals surface area contributed by atoms with Gasteiger partial charge in [0.25, 0.3) is 0 Å². The van der Waals surface area contributed by atoms with Crippen molar-refractivity contribution in [3.8, 4) is 22.9 Å². The molecule has 0 unspecified atom stereocenters. The first-order valence-corrected chi connectivity index (χ1v) is 7.66. The lowest BCUT2D eigenvalue weighted by Gasteiger charge is -2.05. The van der Waals surface area contributed by atoms with E-state index in [9.17, 15) is 5.11 Å². The number of aryl methyl sites for hydroxylation is 1. The molecule has 7 heteroatoms. The van der Waals surface area contributed by atoms with Gasteiger partial charge in [-0.2, -0.15) is 14.9 Å². The van der Waals surface area contributed by atoms with Gasteiger partial charge in [0, 0.05) is 17.2 Å². The summed E-state index contributed by atoms with van der Waals surface area (Å²) in [5.41, 5.74) is 2.55. The van der Waals surface area contributed by atoms with E-state index < -0.39 is 0 Å². The average Bonchev–Trinajstić information content (AvgIpc) is 2.95. The number of nitrogens with one attached hydrogen (secondary N) is 1. The van der Waals surface area contributed by atoms with Gasteiger partial charge in [0.05, 0.1) is 13.3 Å². The topological polar surface area (TPSA) is 75.4 Å². The summed E-state index contributed by atoms with van der Waals surface area (Å²) < 4.78 is 6.97. The van der Waals surface area contributed by atoms with Gasteiger partial charge < -0.3 is 9.84 Å². The van der Waals surface area contributed by atoms with Crippen LogP contribution in [0.25, 0.3) is 11.4 Å². The van der Waals surface area contributed by atoms with E-state index in [2.05, 4.69) is 15.3 Å². The molecule has 2 N–H and O–H groups in total. The lowest BCUT2D eigenvalue weighted by atomic mass is 10.1.